The molecule has 0 saturated carbocycles. The molecular weight excluding hydrogens is 391 g/mol. The second kappa shape index (κ2) is 13.9. The molecule has 0 spiro atoms. The molecule has 0 fully saturated rings. The SMILES string of the molecule is COCCNCC(=O)Nc1ccccc1C(=O)NCc1cccnc1.Cl.Cl. The van der Waals surface area contributed by atoms with Gasteiger partial charge in [-0.3, -0.25) is 14.6 Å². The molecule has 1 aromatic heterocycles. The van der Waals surface area contributed by atoms with E-state index in [1.165, 1.54) is 0 Å². The number of nitrogens with zero attached hydrogens (tertiary/aromatic N) is 1. The Morgan fingerprint density at radius 3 is 2.59 bits per heavy atom. The van der Waals surface area contributed by atoms with E-state index in [1.807, 2.05) is 12.1 Å². The third-order valence-electron chi connectivity index (χ3n) is 3.39. The second-order valence-electron chi connectivity index (χ2n) is 5.31. The summed E-state index contributed by atoms with van der Waals surface area (Å²) < 4.78 is 4.90. The smallest absolute Gasteiger partial charge is 0.253 e. The number of carbonyl (C=O) groups is 2. The molecular formula is C18H24Cl2N4O3. The Balaban J connectivity index is 0.00000338. The number of hydrogen-bond donors (Lipinski definition) is 3. The Labute approximate surface area is 171 Å². The predicted octanol–water partition coefficient (Wildman–Crippen LogP) is 2.03. The van der Waals surface area contributed by atoms with Crippen molar-refractivity contribution in [3.8, 4) is 0 Å². The Hall–Kier alpha value is -2.19. The summed E-state index contributed by atoms with van der Waals surface area (Å²) in [6.45, 7) is 1.63. The highest BCUT2D eigenvalue weighted by molar-refractivity contribution is 6.04. The third-order valence-corrected chi connectivity index (χ3v) is 3.39. The van der Waals surface area contributed by atoms with E-state index in [1.54, 1.807) is 43.8 Å². The van der Waals surface area contributed by atoms with Gasteiger partial charge in [-0.05, 0) is 23.8 Å². The van der Waals surface area contributed by atoms with E-state index in [0.717, 1.165) is 5.56 Å². The molecule has 0 aliphatic rings. The number of aromatic nitrogens is 1. The zero-order valence-corrected chi connectivity index (χ0v) is 16.6. The van der Waals surface area contributed by atoms with Crippen molar-refractivity contribution in [3.05, 3.63) is 59.9 Å². The number of halogens is 2. The van der Waals surface area contributed by atoms with E-state index in [9.17, 15) is 9.59 Å². The Morgan fingerprint density at radius 1 is 1.11 bits per heavy atom. The van der Waals surface area contributed by atoms with Crippen molar-refractivity contribution < 1.29 is 14.3 Å². The minimum absolute atomic E-state index is 0. The van der Waals surface area contributed by atoms with Gasteiger partial charge in [0, 0.05) is 32.6 Å². The van der Waals surface area contributed by atoms with Crippen LogP contribution in [-0.2, 0) is 16.1 Å². The van der Waals surface area contributed by atoms with E-state index in [4.69, 9.17) is 4.74 Å². The number of pyridine rings is 1. The number of ether oxygens (including phenoxy) is 1. The first-order chi connectivity index (χ1) is 12.2. The molecule has 0 radical (unpaired) electrons. The van der Waals surface area contributed by atoms with Gasteiger partial charge >= 0.3 is 0 Å². The molecule has 2 amide bonds. The summed E-state index contributed by atoms with van der Waals surface area (Å²) in [4.78, 5) is 28.4. The summed E-state index contributed by atoms with van der Waals surface area (Å²) in [6, 6.07) is 10.6. The van der Waals surface area contributed by atoms with Crippen molar-refractivity contribution in [2.45, 2.75) is 6.54 Å². The highest BCUT2D eigenvalue weighted by Crippen LogP contribution is 2.15. The van der Waals surface area contributed by atoms with Crippen LogP contribution in [0, 0.1) is 0 Å². The number of rotatable bonds is 9. The fourth-order valence-electron chi connectivity index (χ4n) is 2.14. The van der Waals surface area contributed by atoms with Crippen molar-refractivity contribution in [1.82, 2.24) is 15.6 Å². The summed E-state index contributed by atoms with van der Waals surface area (Å²) >= 11 is 0. The molecule has 3 N–H and O–H groups in total. The topological polar surface area (TPSA) is 92.4 Å². The molecule has 0 bridgehead atoms. The summed E-state index contributed by atoms with van der Waals surface area (Å²) in [5.41, 5.74) is 1.79. The minimum Gasteiger partial charge on any atom is -0.383 e. The molecule has 0 unspecified atom stereocenters. The zero-order valence-electron chi connectivity index (χ0n) is 14.9. The van der Waals surface area contributed by atoms with Crippen LogP contribution in [0.3, 0.4) is 0 Å². The number of hydrogen-bond acceptors (Lipinski definition) is 5. The lowest BCUT2D eigenvalue weighted by atomic mass is 10.1. The Bertz CT molecular complexity index is 702. The standard InChI is InChI=1S/C18H22N4O3.2ClH/c1-25-10-9-20-13-17(23)22-16-7-3-2-6-15(16)18(24)21-12-14-5-4-8-19-11-14;;/h2-8,11,20H,9-10,12-13H2,1H3,(H,21,24)(H,22,23);2*1H. The molecule has 0 saturated heterocycles. The number of anilines is 1. The lowest BCUT2D eigenvalue weighted by Crippen LogP contribution is -2.31. The summed E-state index contributed by atoms with van der Waals surface area (Å²) in [5, 5.41) is 8.53. The van der Waals surface area contributed by atoms with Crippen molar-refractivity contribution in [2.24, 2.45) is 0 Å². The monoisotopic (exact) mass is 414 g/mol. The van der Waals surface area contributed by atoms with Crippen molar-refractivity contribution in [1.29, 1.82) is 0 Å². The van der Waals surface area contributed by atoms with Crippen LogP contribution in [0.2, 0.25) is 0 Å². The number of benzene rings is 1. The lowest BCUT2D eigenvalue weighted by molar-refractivity contribution is -0.115. The molecule has 27 heavy (non-hydrogen) atoms. The molecule has 2 rings (SSSR count). The van der Waals surface area contributed by atoms with E-state index in [0.29, 0.717) is 30.9 Å². The Kier molecular flexibility index (Phi) is 12.8. The first-order valence-corrected chi connectivity index (χ1v) is 7.96. The van der Waals surface area contributed by atoms with E-state index >= 15 is 0 Å². The van der Waals surface area contributed by atoms with Gasteiger partial charge in [0.1, 0.15) is 0 Å². The number of carbonyl (C=O) groups excluding carboxylic acids is 2. The maximum atomic E-state index is 12.4. The largest absolute Gasteiger partial charge is 0.383 e. The number of amides is 2. The molecule has 7 nitrogen and oxygen atoms in total. The van der Waals surface area contributed by atoms with Gasteiger partial charge in [0.25, 0.3) is 5.91 Å². The summed E-state index contributed by atoms with van der Waals surface area (Å²) in [6.07, 6.45) is 3.37. The molecule has 0 aliphatic carbocycles. The maximum absolute atomic E-state index is 12.4. The van der Waals surface area contributed by atoms with Crippen molar-refractivity contribution in [3.63, 3.8) is 0 Å². The van der Waals surface area contributed by atoms with Crippen LogP contribution in [0.25, 0.3) is 0 Å². The number of para-hydroxylation sites is 1. The van der Waals surface area contributed by atoms with Crippen LogP contribution >= 0.6 is 24.8 Å². The average molecular weight is 415 g/mol. The van der Waals surface area contributed by atoms with Gasteiger partial charge in [-0.25, -0.2) is 0 Å². The van der Waals surface area contributed by atoms with Crippen LogP contribution in [0.5, 0.6) is 0 Å². The predicted molar refractivity (Wildman–Crippen MR) is 110 cm³/mol. The van der Waals surface area contributed by atoms with E-state index in [2.05, 4.69) is 20.9 Å². The molecule has 9 heteroatoms. The zero-order chi connectivity index (χ0) is 17.9. The fourth-order valence-corrected chi connectivity index (χ4v) is 2.14. The Morgan fingerprint density at radius 2 is 1.89 bits per heavy atom. The van der Waals surface area contributed by atoms with Crippen LogP contribution in [0.15, 0.2) is 48.8 Å². The van der Waals surface area contributed by atoms with Crippen LogP contribution in [0.4, 0.5) is 5.69 Å². The van der Waals surface area contributed by atoms with Crippen LogP contribution in [0.1, 0.15) is 15.9 Å². The average Bonchev–Trinajstić information content (AvgIpc) is 2.64. The van der Waals surface area contributed by atoms with Gasteiger partial charge in [0.05, 0.1) is 24.4 Å². The van der Waals surface area contributed by atoms with Gasteiger partial charge in [-0.2, -0.15) is 0 Å². The summed E-state index contributed by atoms with van der Waals surface area (Å²) in [5.74, 6) is -0.476. The number of methoxy groups -OCH3 is 1. The van der Waals surface area contributed by atoms with Crippen LogP contribution < -0.4 is 16.0 Å². The van der Waals surface area contributed by atoms with Crippen molar-refractivity contribution >= 4 is 42.3 Å². The van der Waals surface area contributed by atoms with Gasteiger partial charge < -0.3 is 20.7 Å². The van der Waals surface area contributed by atoms with Gasteiger partial charge in [-0.1, -0.05) is 18.2 Å². The number of nitrogens with one attached hydrogen (secondary N) is 3. The highest BCUT2D eigenvalue weighted by Gasteiger charge is 2.12. The first kappa shape index (κ1) is 24.8. The van der Waals surface area contributed by atoms with Crippen molar-refractivity contribution in [2.75, 3.05) is 32.1 Å². The minimum atomic E-state index is -0.257. The van der Waals surface area contributed by atoms with Gasteiger partial charge in [-0.15, -0.1) is 24.8 Å². The van der Waals surface area contributed by atoms with E-state index in [-0.39, 0.29) is 43.2 Å². The molecule has 0 atom stereocenters. The lowest BCUT2D eigenvalue weighted by Gasteiger charge is -2.12. The highest BCUT2D eigenvalue weighted by atomic mass is 35.5. The molecule has 0 aliphatic heterocycles. The van der Waals surface area contributed by atoms with Gasteiger partial charge in [0.2, 0.25) is 5.91 Å². The molecule has 2 aromatic rings. The quantitative estimate of drug-likeness (QED) is 0.545. The van der Waals surface area contributed by atoms with E-state index < -0.39 is 0 Å². The van der Waals surface area contributed by atoms with Gasteiger partial charge in [0.15, 0.2) is 0 Å². The second-order valence-corrected chi connectivity index (χ2v) is 5.31. The summed E-state index contributed by atoms with van der Waals surface area (Å²) in [7, 11) is 1.60. The third kappa shape index (κ3) is 8.83. The first-order valence-electron chi connectivity index (χ1n) is 7.96. The van der Waals surface area contributed by atoms with Crippen LogP contribution in [-0.4, -0.2) is 43.6 Å². The fraction of sp³-hybridized carbons (Fsp3) is 0.278. The normalized spacial score (nSPS) is 9.52. The molecule has 148 valence electrons. The molecule has 1 heterocycles. The molecule has 1 aromatic carbocycles. The maximum Gasteiger partial charge on any atom is 0.253 e.